The number of rotatable bonds is 4. The molecule has 0 aliphatic carbocycles. The van der Waals surface area contributed by atoms with Gasteiger partial charge in [-0.25, -0.2) is 18.5 Å². The van der Waals surface area contributed by atoms with Gasteiger partial charge in [0, 0.05) is 23.5 Å². The van der Waals surface area contributed by atoms with Crippen molar-refractivity contribution in [2.24, 2.45) is 5.14 Å². The number of imidazole rings is 1. The molecule has 1 aromatic carbocycles. The molecule has 0 saturated carbocycles. The number of H-pyrrole nitrogens is 3. The summed E-state index contributed by atoms with van der Waals surface area (Å²) in [5, 5.41) is 8.12. The van der Waals surface area contributed by atoms with Crippen LogP contribution in [-0.2, 0) is 10.0 Å². The molecule has 27 heavy (non-hydrogen) atoms. The van der Waals surface area contributed by atoms with E-state index in [0.717, 1.165) is 0 Å². The minimum atomic E-state index is -3.76. The molecule has 0 fully saturated rings. The number of hydrogen-bond donors (Lipinski definition) is 4. The minimum Gasteiger partial charge on any atom is -0.328 e. The van der Waals surface area contributed by atoms with Crippen molar-refractivity contribution in [3.05, 3.63) is 59.3 Å². The lowest BCUT2D eigenvalue weighted by Gasteiger charge is -2.05. The Hall–Kier alpha value is -3.57. The molecule has 10 nitrogen and oxygen atoms in total. The van der Waals surface area contributed by atoms with E-state index in [1.165, 1.54) is 18.2 Å². The maximum Gasteiger partial charge on any atom is 0.305 e. The number of aromatic nitrogens is 5. The van der Waals surface area contributed by atoms with Gasteiger partial charge in [0.05, 0.1) is 4.90 Å². The third-order valence-corrected chi connectivity index (χ3v) is 4.76. The van der Waals surface area contributed by atoms with Gasteiger partial charge in [0.2, 0.25) is 15.6 Å². The van der Waals surface area contributed by atoms with Crippen LogP contribution in [0, 0.1) is 0 Å². The highest BCUT2D eigenvalue weighted by Crippen LogP contribution is 2.24. The van der Waals surface area contributed by atoms with Crippen LogP contribution in [0.1, 0.15) is 0 Å². The first kappa shape index (κ1) is 16.9. The van der Waals surface area contributed by atoms with Crippen molar-refractivity contribution in [3.8, 4) is 11.3 Å². The van der Waals surface area contributed by atoms with Crippen LogP contribution in [0.15, 0.2) is 58.6 Å². The lowest BCUT2D eigenvalue weighted by atomic mass is 10.2. The molecule has 0 radical (unpaired) electrons. The summed E-state index contributed by atoms with van der Waals surface area (Å²) in [4.78, 5) is 28.8. The molecule has 0 unspecified atom stereocenters. The monoisotopic (exact) mass is 384 g/mol. The van der Waals surface area contributed by atoms with Gasteiger partial charge in [0.15, 0.2) is 11.8 Å². The van der Waals surface area contributed by atoms with Crippen molar-refractivity contribution < 1.29 is 13.4 Å². The summed E-state index contributed by atoms with van der Waals surface area (Å²) in [5.41, 5.74) is 2.90. The molecule has 6 N–H and O–H groups in total. The van der Waals surface area contributed by atoms with Gasteiger partial charge >= 0.3 is 11.6 Å². The Bertz CT molecular complexity index is 1270. The molecule has 0 saturated heterocycles. The number of fused-ring (bicyclic) bond motifs is 1. The number of benzene rings is 1. The molecule has 3 heterocycles. The molecule has 0 bridgehead atoms. The van der Waals surface area contributed by atoms with Crippen molar-refractivity contribution in [1.29, 1.82) is 0 Å². The van der Waals surface area contributed by atoms with Crippen molar-refractivity contribution in [2.75, 3.05) is 5.32 Å². The highest BCUT2D eigenvalue weighted by Gasteiger charge is 2.18. The maximum atomic E-state index is 11.3. The predicted molar refractivity (Wildman–Crippen MR) is 97.6 cm³/mol. The van der Waals surface area contributed by atoms with Crippen molar-refractivity contribution in [3.63, 3.8) is 0 Å². The van der Waals surface area contributed by atoms with Crippen molar-refractivity contribution in [1.82, 2.24) is 19.9 Å². The molecule has 11 heteroatoms. The number of hydrogen-bond acceptors (Lipinski definition) is 6. The quantitative estimate of drug-likeness (QED) is 0.401. The normalized spacial score (nSPS) is 11.6. The third kappa shape index (κ3) is 3.41. The molecule has 0 spiro atoms. The number of pyridine rings is 1. The zero-order valence-corrected chi connectivity index (χ0v) is 14.5. The molecule has 0 amide bonds. The second-order valence-corrected chi connectivity index (χ2v) is 7.25. The van der Waals surface area contributed by atoms with Gasteiger partial charge in [-0.2, -0.15) is 4.98 Å². The zero-order valence-electron chi connectivity index (χ0n) is 13.7. The van der Waals surface area contributed by atoms with E-state index in [0.29, 0.717) is 34.1 Å². The fourth-order valence-corrected chi connectivity index (χ4v) is 3.07. The largest absolute Gasteiger partial charge is 0.328 e. The summed E-state index contributed by atoms with van der Waals surface area (Å²) >= 11 is 0. The molecule has 0 aliphatic rings. The fourth-order valence-electron chi connectivity index (χ4n) is 2.56. The number of nitrogens with one attached hydrogen (secondary N) is 4. The summed E-state index contributed by atoms with van der Waals surface area (Å²) in [5.74, 6) is 0.294. The van der Waals surface area contributed by atoms with Crippen molar-refractivity contribution >= 4 is 32.8 Å². The Labute approximate surface area is 152 Å². The highest BCUT2D eigenvalue weighted by molar-refractivity contribution is 7.89. The Balaban J connectivity index is 1.74. The standard InChI is InChI=1S/C16H13N7O3S/c17-27(25,26)11-4-2-10(3-5-11)21-16-22-13(9-1-6-12(24)18-7-9)14-15(23-16)20-8-19-14/h1-8H,(H,18,24)(H2,17,25,26)(H2,19,20,21,22,23)/p+1. The number of aromatic amines is 3. The zero-order chi connectivity index (χ0) is 19.0. The van der Waals surface area contributed by atoms with Crippen LogP contribution in [0.4, 0.5) is 11.6 Å². The molecule has 136 valence electrons. The molecular weight excluding hydrogens is 370 g/mol. The van der Waals surface area contributed by atoms with E-state index in [1.54, 1.807) is 30.7 Å². The Kier molecular flexibility index (Phi) is 3.94. The first-order valence-corrected chi connectivity index (χ1v) is 9.30. The second kappa shape index (κ2) is 6.30. The smallest absolute Gasteiger partial charge is 0.305 e. The highest BCUT2D eigenvalue weighted by atomic mass is 32.2. The molecule has 4 aromatic rings. The summed E-state index contributed by atoms with van der Waals surface area (Å²) in [6, 6.07) is 8.98. The Morgan fingerprint density at radius 3 is 2.48 bits per heavy atom. The third-order valence-electron chi connectivity index (χ3n) is 3.83. The number of nitrogens with two attached hydrogens (primary N) is 1. The van der Waals surface area contributed by atoms with Gasteiger partial charge in [0.1, 0.15) is 5.69 Å². The predicted octanol–water partition coefficient (Wildman–Crippen LogP) is 0.518. The summed E-state index contributed by atoms with van der Waals surface area (Å²) in [7, 11) is -3.76. The maximum absolute atomic E-state index is 11.3. The van der Waals surface area contributed by atoms with Gasteiger partial charge in [0.25, 0.3) is 0 Å². The van der Waals surface area contributed by atoms with E-state index in [2.05, 4.69) is 30.2 Å². The second-order valence-electron chi connectivity index (χ2n) is 5.69. The van der Waals surface area contributed by atoms with E-state index in [-0.39, 0.29) is 10.5 Å². The van der Waals surface area contributed by atoms with E-state index in [1.807, 2.05) is 0 Å². The van der Waals surface area contributed by atoms with Crippen LogP contribution in [-0.4, -0.2) is 28.4 Å². The number of primary sulfonamides is 1. The summed E-state index contributed by atoms with van der Waals surface area (Å²) in [6.07, 6.45) is 3.19. The first-order valence-electron chi connectivity index (χ1n) is 7.76. The van der Waals surface area contributed by atoms with Gasteiger partial charge in [-0.3, -0.25) is 9.78 Å². The molecule has 3 aromatic heterocycles. The lowest BCUT2D eigenvalue weighted by Crippen LogP contribution is -2.12. The van der Waals surface area contributed by atoms with Crippen LogP contribution >= 0.6 is 0 Å². The fraction of sp³-hybridized carbons (Fsp3) is 0. The van der Waals surface area contributed by atoms with E-state index >= 15 is 0 Å². The molecule has 0 aliphatic heterocycles. The van der Waals surface area contributed by atoms with Crippen LogP contribution in [0.2, 0.25) is 0 Å². The summed E-state index contributed by atoms with van der Waals surface area (Å²) < 4.78 is 22.7. The van der Waals surface area contributed by atoms with Gasteiger partial charge in [-0.1, -0.05) is 4.98 Å². The van der Waals surface area contributed by atoms with Crippen LogP contribution in [0.5, 0.6) is 0 Å². The van der Waals surface area contributed by atoms with E-state index in [4.69, 9.17) is 5.14 Å². The summed E-state index contributed by atoms with van der Waals surface area (Å²) in [6.45, 7) is 0. The molecule has 4 rings (SSSR count). The van der Waals surface area contributed by atoms with Crippen LogP contribution in [0.3, 0.4) is 0 Å². The van der Waals surface area contributed by atoms with Gasteiger partial charge in [-0.15, -0.1) is 0 Å². The molecular formula is C16H14N7O3S+. The number of nitrogens with zero attached hydrogens (tertiary/aromatic N) is 2. The van der Waals surface area contributed by atoms with Gasteiger partial charge < -0.3 is 10.3 Å². The van der Waals surface area contributed by atoms with E-state index in [9.17, 15) is 13.2 Å². The van der Waals surface area contributed by atoms with Crippen molar-refractivity contribution in [2.45, 2.75) is 4.90 Å². The Morgan fingerprint density at radius 1 is 1.04 bits per heavy atom. The minimum absolute atomic E-state index is 0.0114. The molecule has 0 atom stereocenters. The van der Waals surface area contributed by atoms with Crippen LogP contribution < -0.4 is 21.0 Å². The average molecular weight is 384 g/mol. The van der Waals surface area contributed by atoms with E-state index < -0.39 is 10.0 Å². The number of anilines is 2. The average Bonchev–Trinajstić information content (AvgIpc) is 3.10. The van der Waals surface area contributed by atoms with Gasteiger partial charge in [-0.05, 0) is 30.3 Å². The Morgan fingerprint density at radius 2 is 1.81 bits per heavy atom. The lowest BCUT2D eigenvalue weighted by molar-refractivity contribution is -0.347. The number of sulfonamides is 1. The SMILES string of the molecule is NS(=O)(=O)c1ccc(Nc2nc(-c3ccc(=O)[nH]c3)c3[nH]c[nH+]c3n2)cc1. The first-order chi connectivity index (χ1) is 12.9. The topological polar surface area (TPSA) is 161 Å². The van der Waals surface area contributed by atoms with Crippen LogP contribution in [0.25, 0.3) is 22.4 Å².